The fourth-order valence-corrected chi connectivity index (χ4v) is 0.234. The average Bonchev–Trinajstić information content (AvgIpc) is 1.69. The molecule has 3 N–H and O–H groups in total. The Morgan fingerprint density at radius 3 is 2.86 bits per heavy atom. The molecule has 7 heavy (non-hydrogen) atoms. The maximum Gasteiger partial charge on any atom is 0.321 e. The Bertz CT molecular complexity index is 85.4. The lowest BCUT2D eigenvalue weighted by Gasteiger charge is -1.96. The van der Waals surface area contributed by atoms with Gasteiger partial charge >= 0.3 is 5.97 Å². The number of carboxylic acid groups (broad SMARTS) is 1. The highest BCUT2D eigenvalue weighted by atomic mass is 32.1. The summed E-state index contributed by atoms with van der Waals surface area (Å²) < 4.78 is 6.41. The molecule has 0 heterocycles. The molecule has 0 unspecified atom stereocenters. The van der Waals surface area contributed by atoms with Crippen LogP contribution in [0.1, 0.15) is 0 Å². The monoisotopic (exact) mass is 123 g/mol. The van der Waals surface area contributed by atoms with E-state index in [0.29, 0.717) is 0 Å². The molecule has 42 valence electrons. The maximum absolute atomic E-state index is 9.93. The minimum Gasteiger partial charge on any atom is -0.480 e. The van der Waals surface area contributed by atoms with Gasteiger partial charge in [0, 0.05) is 5.75 Å². The van der Waals surface area contributed by atoms with Crippen LogP contribution in [0.15, 0.2) is 0 Å². The van der Waals surface area contributed by atoms with Gasteiger partial charge in [0.05, 0.1) is 0 Å². The number of carbonyl (C=O) groups is 1. The lowest BCUT2D eigenvalue weighted by atomic mass is 10.4. The fourth-order valence-electron chi connectivity index (χ4n) is 0.0781. The number of hydrogen-bond acceptors (Lipinski definition) is 3. The van der Waals surface area contributed by atoms with Crippen LogP contribution in [0.5, 0.6) is 0 Å². The van der Waals surface area contributed by atoms with Crippen LogP contribution in [0.2, 0.25) is 1.41 Å². The van der Waals surface area contributed by atoms with Gasteiger partial charge in [-0.25, -0.2) is 0 Å². The highest BCUT2D eigenvalue weighted by molar-refractivity contribution is 7.80. The summed E-state index contributed by atoms with van der Waals surface area (Å²) in [5.41, 5.74) is 1.83. The normalized spacial score (nSPS) is 15.3. The van der Waals surface area contributed by atoms with Gasteiger partial charge in [-0.3, -0.25) is 4.79 Å². The van der Waals surface area contributed by atoms with Crippen molar-refractivity contribution in [3.63, 3.8) is 0 Å². The zero-order valence-electron chi connectivity index (χ0n) is 4.59. The molecule has 0 aromatic heterocycles. The van der Waals surface area contributed by atoms with Crippen molar-refractivity contribution in [1.29, 1.82) is 0 Å². The zero-order chi connectivity index (χ0) is 6.57. The number of carboxylic acids is 1. The molecular formula is C3H7NO2S. The Morgan fingerprint density at radius 2 is 2.86 bits per heavy atom. The predicted molar refractivity (Wildman–Crippen MR) is 29.5 cm³/mol. The Morgan fingerprint density at radius 1 is 2.29 bits per heavy atom. The first-order valence-corrected chi connectivity index (χ1v) is 2.36. The summed E-state index contributed by atoms with van der Waals surface area (Å²) in [6.07, 6.45) is 0. The van der Waals surface area contributed by atoms with E-state index in [2.05, 4.69) is 12.6 Å². The first-order valence-electron chi connectivity index (χ1n) is 2.23. The summed E-state index contributed by atoms with van der Waals surface area (Å²) in [6.45, 7) is 0. The Labute approximate surface area is 48.4 Å². The van der Waals surface area contributed by atoms with E-state index in [-0.39, 0.29) is 5.75 Å². The topological polar surface area (TPSA) is 63.3 Å². The number of thiol groups is 1. The first-order chi connectivity index (χ1) is 3.72. The summed E-state index contributed by atoms with van der Waals surface area (Å²) in [4.78, 5) is 9.93. The quantitative estimate of drug-likeness (QED) is 0.436. The number of nitrogens with two attached hydrogens (primary N) is 1. The summed E-state index contributed by atoms with van der Waals surface area (Å²) >= 11 is 3.67. The summed E-state index contributed by atoms with van der Waals surface area (Å²) in [6, 6.07) is -0.849. The van der Waals surface area contributed by atoms with E-state index in [1.54, 1.807) is 0 Å². The van der Waals surface area contributed by atoms with Crippen molar-refractivity contribution >= 4 is 18.6 Å². The highest BCUT2D eigenvalue weighted by Gasteiger charge is 2.06. The van der Waals surface area contributed by atoms with Gasteiger partial charge in [-0.15, -0.1) is 0 Å². The van der Waals surface area contributed by atoms with E-state index in [4.69, 9.17) is 6.52 Å². The molecule has 0 aromatic carbocycles. The summed E-state index contributed by atoms with van der Waals surface area (Å²) in [5, 5.41) is 8.14. The molecule has 0 bridgehead atoms. The largest absolute Gasteiger partial charge is 0.480 e. The van der Waals surface area contributed by atoms with E-state index < -0.39 is 12.0 Å². The van der Waals surface area contributed by atoms with E-state index in [9.17, 15) is 4.79 Å². The molecule has 0 saturated heterocycles. The predicted octanol–water partition coefficient (Wildman–Crippen LogP) is -0.672. The molecule has 1 atom stereocenters. The van der Waals surface area contributed by atoms with Crippen LogP contribution in [0.4, 0.5) is 0 Å². The third-order valence-corrected chi connectivity index (χ3v) is 0.846. The standard InChI is InChI=1S/C3H7NO2S/c4-2(1-7)3(5)6/h2,7H,1,4H2,(H,5,6)/t2-/m0/s1/i/hT. The van der Waals surface area contributed by atoms with Crippen LogP contribution in [0.25, 0.3) is 0 Å². The van der Waals surface area contributed by atoms with Gasteiger partial charge in [0.1, 0.15) is 7.45 Å². The van der Waals surface area contributed by atoms with Crippen LogP contribution < -0.4 is 5.73 Å². The Balaban J connectivity index is 3.52. The van der Waals surface area contributed by atoms with Crippen LogP contribution in [0, 0.1) is 0 Å². The third-order valence-electron chi connectivity index (χ3n) is 0.481. The van der Waals surface area contributed by atoms with Gasteiger partial charge in [0.2, 0.25) is 0 Å². The molecule has 0 aliphatic heterocycles. The van der Waals surface area contributed by atoms with Crippen molar-refractivity contribution in [3.05, 3.63) is 0 Å². The van der Waals surface area contributed by atoms with Crippen molar-refractivity contribution in [3.8, 4) is 0 Å². The SMILES string of the molecule is [3H]N[C@@H](CS)C(=O)O. The minimum absolute atomic E-state index is 0.138. The third kappa shape index (κ3) is 2.47. The summed E-state index contributed by atoms with van der Waals surface area (Å²) in [7, 11) is 0. The highest BCUT2D eigenvalue weighted by Crippen LogP contribution is 1.80. The van der Waals surface area contributed by atoms with Gasteiger partial charge in [0.25, 0.3) is 0 Å². The molecule has 0 fully saturated rings. The van der Waals surface area contributed by atoms with Gasteiger partial charge in [0.15, 0.2) is 0 Å². The van der Waals surface area contributed by atoms with E-state index in [1.807, 2.05) is 5.73 Å². The zero-order valence-corrected chi connectivity index (χ0v) is 4.48. The van der Waals surface area contributed by atoms with Crippen molar-refractivity contribution in [2.75, 3.05) is 5.75 Å². The molecule has 0 spiro atoms. The van der Waals surface area contributed by atoms with Gasteiger partial charge in [-0.05, 0) is 0 Å². The van der Waals surface area contributed by atoms with Crippen LogP contribution in [-0.4, -0.2) is 22.9 Å². The van der Waals surface area contributed by atoms with Crippen molar-refractivity contribution in [1.82, 2.24) is 0 Å². The molecule has 3 nitrogen and oxygen atoms in total. The van der Waals surface area contributed by atoms with Crippen LogP contribution in [-0.2, 0) is 4.79 Å². The average molecular weight is 123 g/mol. The molecule has 4 heteroatoms. The van der Waals surface area contributed by atoms with E-state index in [0.717, 1.165) is 0 Å². The molecule has 0 aliphatic carbocycles. The van der Waals surface area contributed by atoms with E-state index in [1.165, 1.54) is 0 Å². The second-order valence-corrected chi connectivity index (χ2v) is 1.44. The van der Waals surface area contributed by atoms with Gasteiger partial charge < -0.3 is 10.8 Å². The lowest BCUT2D eigenvalue weighted by molar-refractivity contribution is -0.137. The number of rotatable bonds is 3. The number of hydrogen-bond donors (Lipinski definition) is 3. The van der Waals surface area contributed by atoms with Crippen LogP contribution >= 0.6 is 12.6 Å². The summed E-state index contributed by atoms with van der Waals surface area (Å²) in [5.74, 6) is -0.909. The van der Waals surface area contributed by atoms with E-state index >= 15 is 0 Å². The van der Waals surface area contributed by atoms with Crippen LogP contribution in [0.3, 0.4) is 0 Å². The molecule has 0 aromatic rings. The Kier molecular flexibility index (Phi) is 2.02. The molecular weight excluding hydrogens is 114 g/mol. The Hall–Kier alpha value is -0.220. The van der Waals surface area contributed by atoms with Gasteiger partial charge in [-0.2, -0.15) is 12.6 Å². The smallest absolute Gasteiger partial charge is 0.321 e. The second kappa shape index (κ2) is 2.87. The minimum atomic E-state index is -1.05. The van der Waals surface area contributed by atoms with Gasteiger partial charge in [-0.1, -0.05) is 0 Å². The van der Waals surface area contributed by atoms with Crippen molar-refractivity contribution in [2.45, 2.75) is 6.04 Å². The molecule has 0 aliphatic rings. The van der Waals surface area contributed by atoms with Crippen molar-refractivity contribution < 1.29 is 11.3 Å². The molecule has 0 rings (SSSR count). The lowest BCUT2D eigenvalue weighted by Crippen LogP contribution is -2.31. The molecule has 0 amide bonds. The maximum atomic E-state index is 9.93. The van der Waals surface area contributed by atoms with Crippen molar-refractivity contribution in [2.24, 2.45) is 5.73 Å². The number of aliphatic carboxylic acids is 1. The molecule has 0 saturated carbocycles. The molecule has 0 radical (unpaired) electrons. The fraction of sp³-hybridized carbons (Fsp3) is 0.667. The second-order valence-electron chi connectivity index (χ2n) is 1.07. The first kappa shape index (κ1) is 4.93.